The standard InChI is InChI=1S/C17H15.C9H13.2CH3.2ClH.Si.Zr/c1-12-8-9-16-15(10-12)11-13(2)17(16)14-6-4-3-5-7-14;1-6-5-7(2)9(4)8(6)3;;;;;;/h3-11H,1-2H3;6H,1-4H3;2*1H3;2*1H;;/q4*-1;;;;. The maximum absolute atomic E-state index is 3.36. The summed E-state index contributed by atoms with van der Waals surface area (Å²) in [5.41, 5.74) is 9.61. The maximum atomic E-state index is 3.36. The molecule has 3 aromatic carbocycles. The second-order valence-electron chi connectivity index (χ2n) is 7.46. The van der Waals surface area contributed by atoms with E-state index in [2.05, 4.69) is 109 Å². The number of halogens is 2. The predicted molar refractivity (Wildman–Crippen MR) is 147 cm³/mol. The van der Waals surface area contributed by atoms with Gasteiger partial charge in [-0.3, -0.25) is 6.08 Å². The summed E-state index contributed by atoms with van der Waals surface area (Å²) >= 11 is 1.36. The number of allylic oxidation sites excluding steroid dienone is 4. The molecule has 0 bridgehead atoms. The number of rotatable bonds is 1. The zero-order valence-electron chi connectivity index (χ0n) is 20.6. The Morgan fingerprint density at radius 1 is 0.875 bits per heavy atom. The van der Waals surface area contributed by atoms with Crippen molar-refractivity contribution in [3.63, 3.8) is 0 Å². The van der Waals surface area contributed by atoms with Gasteiger partial charge in [0.2, 0.25) is 0 Å². The quantitative estimate of drug-likeness (QED) is 0.205. The zero-order chi connectivity index (χ0) is 20.8. The van der Waals surface area contributed by atoms with E-state index in [1.165, 1.54) is 73.1 Å². The molecule has 1 unspecified atom stereocenters. The fourth-order valence-corrected chi connectivity index (χ4v) is 3.70. The summed E-state index contributed by atoms with van der Waals surface area (Å²) in [5, 5.41) is 2.71. The average Bonchev–Trinajstić information content (AvgIpc) is 3.14. The number of fused-ring (bicyclic) bond motifs is 1. The molecule has 0 spiro atoms. The molecule has 0 aliphatic heterocycles. The molecule has 0 fully saturated rings. The SMILES string of the molecule is CC1=[C-]C(C)C(C)=C1C.Cc1ccc2c(-c3ccccc3)c(C)[cH-]c2c1.Cl.Cl.[CH3-].[CH3-].[Si]=[Zr]. The minimum absolute atomic E-state index is 0. The van der Waals surface area contributed by atoms with E-state index in [0.717, 1.165) is 0 Å². The summed E-state index contributed by atoms with van der Waals surface area (Å²) in [7, 11) is 0. The first kappa shape index (κ1) is 35.8. The van der Waals surface area contributed by atoms with Gasteiger partial charge in [-0.2, -0.15) is 11.1 Å². The van der Waals surface area contributed by atoms with Crippen LogP contribution in [-0.2, 0) is 23.3 Å². The third kappa shape index (κ3) is 8.53. The molecule has 0 heterocycles. The Balaban J connectivity index is -0.000000490. The molecular formula is C28H36Cl2SiZr-4. The summed E-state index contributed by atoms with van der Waals surface area (Å²) < 4.78 is 0. The van der Waals surface area contributed by atoms with Gasteiger partial charge >= 0.3 is 30.2 Å². The number of hydrogen-bond donors (Lipinski definition) is 0. The molecule has 32 heavy (non-hydrogen) atoms. The molecule has 0 saturated carbocycles. The monoisotopic (exact) mass is 560 g/mol. The van der Waals surface area contributed by atoms with Gasteiger partial charge in [0.15, 0.2) is 0 Å². The van der Waals surface area contributed by atoms with Crippen LogP contribution in [0.3, 0.4) is 0 Å². The van der Waals surface area contributed by atoms with Crippen LogP contribution in [0.15, 0.2) is 71.3 Å². The van der Waals surface area contributed by atoms with Gasteiger partial charge < -0.3 is 14.9 Å². The van der Waals surface area contributed by atoms with E-state index in [1.54, 1.807) is 0 Å². The van der Waals surface area contributed by atoms with Gasteiger partial charge in [-0.15, -0.1) is 71.8 Å². The Morgan fingerprint density at radius 2 is 1.44 bits per heavy atom. The molecule has 0 amide bonds. The van der Waals surface area contributed by atoms with Crippen molar-refractivity contribution >= 4 is 42.5 Å². The van der Waals surface area contributed by atoms with Gasteiger partial charge in [-0.1, -0.05) is 81.1 Å². The van der Waals surface area contributed by atoms with E-state index in [1.807, 2.05) is 0 Å². The van der Waals surface area contributed by atoms with E-state index in [9.17, 15) is 0 Å². The molecule has 2 radical (unpaired) electrons. The van der Waals surface area contributed by atoms with E-state index < -0.39 is 0 Å². The minimum atomic E-state index is 0. The van der Waals surface area contributed by atoms with Gasteiger partial charge in [0.05, 0.1) is 0 Å². The first-order chi connectivity index (χ1) is 13.4. The van der Waals surface area contributed by atoms with Crippen LogP contribution in [0, 0.1) is 40.7 Å². The Kier molecular flexibility index (Phi) is 18.8. The van der Waals surface area contributed by atoms with Crippen molar-refractivity contribution in [3.8, 4) is 11.1 Å². The van der Waals surface area contributed by atoms with Crippen molar-refractivity contribution in [2.45, 2.75) is 41.5 Å². The molecular weight excluding hydrogens is 527 g/mol. The third-order valence-corrected chi connectivity index (χ3v) is 5.54. The fraction of sp³-hybridized carbons (Fsp3) is 0.250. The Bertz CT molecular complexity index is 1020. The molecule has 1 atom stereocenters. The van der Waals surface area contributed by atoms with Crippen LogP contribution in [0.2, 0.25) is 0 Å². The first-order valence-electron chi connectivity index (χ1n) is 9.63. The van der Waals surface area contributed by atoms with Gasteiger partial charge in [0.1, 0.15) is 0 Å². The van der Waals surface area contributed by atoms with Crippen molar-refractivity contribution in [1.29, 1.82) is 0 Å². The van der Waals surface area contributed by atoms with Crippen molar-refractivity contribution < 1.29 is 23.3 Å². The number of hydrogen-bond acceptors (Lipinski definition) is 0. The molecule has 4 rings (SSSR count). The number of benzene rings is 2. The molecule has 1 aliphatic carbocycles. The van der Waals surface area contributed by atoms with Crippen molar-refractivity contribution in [2.75, 3.05) is 0 Å². The Labute approximate surface area is 226 Å². The predicted octanol–water partition coefficient (Wildman–Crippen LogP) is 8.93. The molecule has 0 N–H and O–H groups in total. The van der Waals surface area contributed by atoms with E-state index in [4.69, 9.17) is 0 Å². The van der Waals surface area contributed by atoms with Crippen molar-refractivity contribution in [1.82, 2.24) is 0 Å². The summed E-state index contributed by atoms with van der Waals surface area (Å²) in [6, 6.07) is 19.6. The second-order valence-corrected chi connectivity index (χ2v) is 7.46. The van der Waals surface area contributed by atoms with Crippen LogP contribution < -0.4 is 0 Å². The summed E-state index contributed by atoms with van der Waals surface area (Å²) in [4.78, 5) is 0. The Hall–Kier alpha value is -0.790. The molecule has 3 aromatic rings. The second kappa shape index (κ2) is 16.8. The van der Waals surface area contributed by atoms with E-state index in [-0.39, 0.29) is 39.7 Å². The van der Waals surface area contributed by atoms with Crippen molar-refractivity contribution in [3.05, 3.63) is 103 Å². The topological polar surface area (TPSA) is 0 Å². The molecule has 0 nitrogen and oxygen atoms in total. The fourth-order valence-electron chi connectivity index (χ4n) is 3.70. The summed E-state index contributed by atoms with van der Waals surface area (Å²) in [6.07, 6.45) is 3.36. The molecule has 0 aromatic heterocycles. The Morgan fingerprint density at radius 3 is 1.88 bits per heavy atom. The third-order valence-electron chi connectivity index (χ3n) is 5.54. The van der Waals surface area contributed by atoms with Crippen LogP contribution in [0.5, 0.6) is 0 Å². The average molecular weight is 563 g/mol. The van der Waals surface area contributed by atoms with Gasteiger partial charge in [-0.25, -0.2) is 5.57 Å². The zero-order valence-corrected chi connectivity index (χ0v) is 25.7. The molecule has 1 aliphatic rings. The molecule has 174 valence electrons. The van der Waals surface area contributed by atoms with Crippen LogP contribution in [-0.4, -0.2) is 6.88 Å². The van der Waals surface area contributed by atoms with Gasteiger partial charge in [0.25, 0.3) is 0 Å². The van der Waals surface area contributed by atoms with Gasteiger partial charge in [0, 0.05) is 0 Å². The normalized spacial score (nSPS) is 13.5. The molecule has 0 saturated heterocycles. The number of aryl methyl sites for hydroxylation is 2. The summed E-state index contributed by atoms with van der Waals surface area (Å²) in [6.45, 7) is 16.1. The molecule has 4 heteroatoms. The van der Waals surface area contributed by atoms with E-state index >= 15 is 0 Å². The summed E-state index contributed by atoms with van der Waals surface area (Å²) in [5.74, 6) is 0.560. The van der Waals surface area contributed by atoms with E-state index in [0.29, 0.717) is 5.92 Å². The van der Waals surface area contributed by atoms with Crippen LogP contribution in [0.1, 0.15) is 38.8 Å². The van der Waals surface area contributed by atoms with Crippen molar-refractivity contribution in [2.24, 2.45) is 5.92 Å². The van der Waals surface area contributed by atoms with Crippen LogP contribution in [0.25, 0.3) is 21.9 Å². The van der Waals surface area contributed by atoms with Crippen LogP contribution >= 0.6 is 24.8 Å². The van der Waals surface area contributed by atoms with Gasteiger partial charge in [-0.05, 0) is 6.92 Å². The van der Waals surface area contributed by atoms with Crippen LogP contribution in [0.4, 0.5) is 0 Å². The first-order valence-corrected chi connectivity index (χ1v) is 13.8.